The predicted octanol–water partition coefficient (Wildman–Crippen LogP) is 3.87. The van der Waals surface area contributed by atoms with Gasteiger partial charge in [-0.2, -0.15) is 0 Å². The van der Waals surface area contributed by atoms with E-state index in [0.717, 1.165) is 27.6 Å². The maximum absolute atomic E-state index is 13.4. The van der Waals surface area contributed by atoms with Gasteiger partial charge in [0.15, 0.2) is 0 Å². The van der Waals surface area contributed by atoms with E-state index in [-0.39, 0.29) is 6.03 Å². The molecule has 0 saturated carbocycles. The molecule has 1 aliphatic rings. The number of hydrogen-bond donors (Lipinski definition) is 0. The molecule has 3 rings (SSSR count). The Morgan fingerprint density at radius 2 is 1.63 bits per heavy atom. The third kappa shape index (κ3) is 3.09. The Hall–Kier alpha value is -1.79. The van der Waals surface area contributed by atoms with Crippen molar-refractivity contribution in [3.05, 3.63) is 29.3 Å². The first-order chi connectivity index (χ1) is 12.5. The van der Waals surface area contributed by atoms with Crippen LogP contribution >= 0.6 is 0 Å². The lowest BCUT2D eigenvalue weighted by molar-refractivity contribution is 0.00578. The van der Waals surface area contributed by atoms with Gasteiger partial charge in [0.05, 0.1) is 22.3 Å². The molecule has 0 atom stereocenters. The van der Waals surface area contributed by atoms with Crippen LogP contribution in [0.5, 0.6) is 0 Å². The summed E-state index contributed by atoms with van der Waals surface area (Å²) >= 11 is 0. The summed E-state index contributed by atoms with van der Waals surface area (Å²) in [7, 11) is -0.581. The molecular formula is C21H31BN2O3. The summed E-state index contributed by atoms with van der Waals surface area (Å²) < 4.78 is 14.4. The van der Waals surface area contributed by atoms with Gasteiger partial charge in [0.1, 0.15) is 0 Å². The van der Waals surface area contributed by atoms with Gasteiger partial charge >= 0.3 is 13.1 Å². The molecule has 0 spiro atoms. The van der Waals surface area contributed by atoms with Crippen LogP contribution in [0.15, 0.2) is 18.2 Å². The molecule has 5 nitrogen and oxygen atoms in total. The van der Waals surface area contributed by atoms with Crippen LogP contribution < -0.4 is 5.59 Å². The maximum Gasteiger partial charge on any atom is 0.513 e. The van der Waals surface area contributed by atoms with Crippen molar-refractivity contribution in [3.8, 4) is 0 Å². The average Bonchev–Trinajstić information content (AvgIpc) is 2.98. The van der Waals surface area contributed by atoms with Crippen LogP contribution in [-0.2, 0) is 9.31 Å². The first-order valence-corrected chi connectivity index (χ1v) is 9.80. The highest BCUT2D eigenvalue weighted by molar-refractivity contribution is 6.63. The Morgan fingerprint density at radius 3 is 2.15 bits per heavy atom. The average molecular weight is 370 g/mol. The molecule has 1 fully saturated rings. The number of rotatable bonds is 3. The molecule has 27 heavy (non-hydrogen) atoms. The fourth-order valence-electron chi connectivity index (χ4n) is 3.66. The lowest BCUT2D eigenvalue weighted by Crippen LogP contribution is -2.46. The van der Waals surface area contributed by atoms with E-state index in [1.807, 2.05) is 60.3 Å². The molecule has 146 valence electrons. The third-order valence-corrected chi connectivity index (χ3v) is 6.13. The van der Waals surface area contributed by atoms with E-state index < -0.39 is 18.3 Å². The van der Waals surface area contributed by atoms with E-state index in [0.29, 0.717) is 13.1 Å². The molecule has 0 N–H and O–H groups in total. The molecule has 0 bridgehead atoms. The number of aryl methyl sites for hydroxylation is 2. The topological polar surface area (TPSA) is 43.7 Å². The van der Waals surface area contributed by atoms with Gasteiger partial charge in [0.25, 0.3) is 0 Å². The molecule has 0 radical (unpaired) electrons. The van der Waals surface area contributed by atoms with Crippen LogP contribution in [0.25, 0.3) is 10.9 Å². The van der Waals surface area contributed by atoms with Gasteiger partial charge in [0.2, 0.25) is 0 Å². The first kappa shape index (κ1) is 20.0. The lowest BCUT2D eigenvalue weighted by atomic mass is 9.81. The van der Waals surface area contributed by atoms with Crippen molar-refractivity contribution in [3.63, 3.8) is 0 Å². The van der Waals surface area contributed by atoms with Crippen molar-refractivity contribution in [2.45, 2.75) is 66.6 Å². The zero-order valence-electron chi connectivity index (χ0n) is 17.8. The Kier molecular flexibility index (Phi) is 4.94. The van der Waals surface area contributed by atoms with Crippen molar-refractivity contribution >= 4 is 29.6 Å². The van der Waals surface area contributed by atoms with Crippen molar-refractivity contribution in [2.24, 2.45) is 0 Å². The van der Waals surface area contributed by atoms with Crippen LogP contribution in [0.2, 0.25) is 0 Å². The second-order valence-electron chi connectivity index (χ2n) is 8.41. The number of benzene rings is 1. The number of carbonyl (C=O) groups is 1. The van der Waals surface area contributed by atoms with Gasteiger partial charge in [-0.25, -0.2) is 4.79 Å². The second-order valence-corrected chi connectivity index (χ2v) is 8.41. The number of hydrogen-bond acceptors (Lipinski definition) is 3. The zero-order chi connectivity index (χ0) is 20.1. The highest BCUT2D eigenvalue weighted by atomic mass is 16.7. The Morgan fingerprint density at radius 1 is 1.07 bits per heavy atom. The molecule has 1 aliphatic heterocycles. The summed E-state index contributed by atoms with van der Waals surface area (Å²) in [5.74, 6) is 0. The lowest BCUT2D eigenvalue weighted by Gasteiger charge is -2.32. The SMILES string of the molecule is CCN(CC)C(=O)n1c(B2OC(C)(C)C(C)(C)O2)c(C)c2ccc(C)cc21. The molecular weight excluding hydrogens is 339 g/mol. The summed E-state index contributed by atoms with van der Waals surface area (Å²) in [5.41, 5.74) is 2.94. The van der Waals surface area contributed by atoms with Crippen molar-refractivity contribution in [2.75, 3.05) is 13.1 Å². The standard InChI is InChI=1S/C21H31BN2O3/c1-9-23(10-2)19(25)24-17-13-14(3)11-12-16(17)15(4)18(24)22-26-20(5,6)21(7,8)27-22/h11-13H,9-10H2,1-8H3. The summed E-state index contributed by atoms with van der Waals surface area (Å²) in [6, 6.07) is 6.20. The normalized spacial score (nSPS) is 18.3. The molecule has 1 saturated heterocycles. The molecule has 6 heteroatoms. The Labute approximate surface area is 162 Å². The molecule has 1 amide bonds. The monoisotopic (exact) mass is 370 g/mol. The van der Waals surface area contributed by atoms with E-state index >= 15 is 0 Å². The molecule has 1 aromatic heterocycles. The third-order valence-electron chi connectivity index (χ3n) is 6.13. The fraction of sp³-hybridized carbons (Fsp3) is 0.571. The molecule has 0 unspecified atom stereocenters. The van der Waals surface area contributed by atoms with Crippen LogP contribution in [0.4, 0.5) is 4.79 Å². The number of fused-ring (bicyclic) bond motifs is 1. The Bertz CT molecular complexity index is 865. The number of nitrogens with zero attached hydrogens (tertiary/aromatic N) is 2. The quantitative estimate of drug-likeness (QED) is 0.771. The van der Waals surface area contributed by atoms with E-state index in [2.05, 4.69) is 18.2 Å². The van der Waals surface area contributed by atoms with Gasteiger partial charge < -0.3 is 14.2 Å². The maximum atomic E-state index is 13.4. The van der Waals surface area contributed by atoms with Gasteiger partial charge in [-0.05, 0) is 72.6 Å². The highest BCUT2D eigenvalue weighted by Crippen LogP contribution is 2.37. The second kappa shape index (κ2) is 6.68. The number of carbonyl (C=O) groups excluding carboxylic acids is 1. The van der Waals surface area contributed by atoms with Crippen LogP contribution in [-0.4, -0.2) is 46.9 Å². The summed E-state index contributed by atoms with van der Waals surface area (Å²) in [6.45, 7) is 17.5. The van der Waals surface area contributed by atoms with Crippen LogP contribution in [0.1, 0.15) is 52.7 Å². The van der Waals surface area contributed by atoms with Gasteiger partial charge in [0, 0.05) is 18.5 Å². The van der Waals surface area contributed by atoms with Gasteiger partial charge in [-0.15, -0.1) is 0 Å². The summed E-state index contributed by atoms with van der Waals surface area (Å²) in [6.07, 6.45) is 0. The van der Waals surface area contributed by atoms with Crippen molar-refractivity contribution < 1.29 is 14.1 Å². The fourth-order valence-corrected chi connectivity index (χ4v) is 3.66. The highest BCUT2D eigenvalue weighted by Gasteiger charge is 2.53. The smallest absolute Gasteiger partial charge is 0.398 e. The van der Waals surface area contributed by atoms with E-state index in [4.69, 9.17) is 9.31 Å². The minimum atomic E-state index is -0.581. The first-order valence-electron chi connectivity index (χ1n) is 9.80. The molecule has 1 aromatic carbocycles. The zero-order valence-corrected chi connectivity index (χ0v) is 17.8. The summed E-state index contributed by atoms with van der Waals surface area (Å²) in [4.78, 5) is 15.3. The number of aromatic nitrogens is 1. The van der Waals surface area contributed by atoms with E-state index in [9.17, 15) is 4.79 Å². The van der Waals surface area contributed by atoms with Crippen LogP contribution in [0, 0.1) is 13.8 Å². The summed E-state index contributed by atoms with van der Waals surface area (Å²) in [5, 5.41) is 1.06. The molecule has 2 heterocycles. The van der Waals surface area contributed by atoms with E-state index in [1.165, 1.54) is 0 Å². The molecule has 0 aliphatic carbocycles. The van der Waals surface area contributed by atoms with Crippen LogP contribution in [0.3, 0.4) is 0 Å². The minimum Gasteiger partial charge on any atom is -0.398 e. The number of amides is 1. The van der Waals surface area contributed by atoms with Crippen molar-refractivity contribution in [1.29, 1.82) is 0 Å². The van der Waals surface area contributed by atoms with E-state index in [1.54, 1.807) is 4.57 Å². The van der Waals surface area contributed by atoms with Gasteiger partial charge in [-0.3, -0.25) is 4.57 Å². The largest absolute Gasteiger partial charge is 0.513 e. The molecule has 2 aromatic rings. The van der Waals surface area contributed by atoms with Gasteiger partial charge in [-0.1, -0.05) is 12.1 Å². The predicted molar refractivity (Wildman–Crippen MR) is 111 cm³/mol. The minimum absolute atomic E-state index is 0.0339. The Balaban J connectivity index is 2.25. The van der Waals surface area contributed by atoms with Crippen molar-refractivity contribution in [1.82, 2.24) is 9.47 Å².